The number of hydrogen-bond donors (Lipinski definition) is 0. The first-order chi connectivity index (χ1) is 7.08. The zero-order valence-corrected chi connectivity index (χ0v) is 7.21. The molecule has 1 aromatic rings. The monoisotopic (exact) mass is 215 g/mol. The van der Waals surface area contributed by atoms with Gasteiger partial charge < -0.3 is 4.74 Å². The topological polar surface area (TPSA) is 50.1 Å². The van der Waals surface area contributed by atoms with Gasteiger partial charge in [0.1, 0.15) is 6.07 Å². The maximum absolute atomic E-state index is 13.0. The number of nitrogens with zero attached hydrogens (tertiary/aromatic N) is 1. The zero-order chi connectivity index (χ0) is 11.4. The molecule has 78 valence electrons. The Bertz CT molecular complexity index is 426. The summed E-state index contributed by atoms with van der Waals surface area (Å²) in [6.45, 7) is -3.19. The van der Waals surface area contributed by atoms with Crippen LogP contribution in [0.4, 0.5) is 13.2 Å². The van der Waals surface area contributed by atoms with E-state index in [4.69, 9.17) is 5.26 Å². The maximum Gasteiger partial charge on any atom is 0.387 e. The highest BCUT2D eigenvalue weighted by atomic mass is 19.3. The summed E-state index contributed by atoms with van der Waals surface area (Å²) < 4.78 is 40.4. The number of benzene rings is 1. The lowest BCUT2D eigenvalue weighted by Gasteiger charge is -2.06. The normalized spacial score (nSPS) is 9.80. The second-order valence-electron chi connectivity index (χ2n) is 2.48. The molecule has 0 aliphatic carbocycles. The van der Waals surface area contributed by atoms with E-state index in [2.05, 4.69) is 4.74 Å². The molecule has 0 saturated heterocycles. The fourth-order valence-electron chi connectivity index (χ4n) is 0.949. The highest BCUT2D eigenvalue weighted by Gasteiger charge is 2.13. The highest BCUT2D eigenvalue weighted by molar-refractivity contribution is 5.79. The summed E-state index contributed by atoms with van der Waals surface area (Å²) in [5.74, 6) is -1.87. The van der Waals surface area contributed by atoms with Crippen LogP contribution in [0, 0.1) is 17.1 Å². The summed E-state index contributed by atoms with van der Waals surface area (Å²) in [5, 5.41) is 8.52. The number of ether oxygens (including phenoxy) is 1. The molecule has 0 saturated carbocycles. The molecule has 0 aliphatic heterocycles. The molecule has 0 N–H and O–H groups in total. The van der Waals surface area contributed by atoms with Crippen LogP contribution in [0.2, 0.25) is 0 Å². The molecule has 0 amide bonds. The van der Waals surface area contributed by atoms with Crippen LogP contribution in [-0.4, -0.2) is 12.9 Å². The molecule has 0 radical (unpaired) electrons. The Morgan fingerprint density at radius 1 is 1.47 bits per heavy atom. The number of halogens is 3. The number of nitriles is 1. The zero-order valence-electron chi connectivity index (χ0n) is 7.21. The van der Waals surface area contributed by atoms with Gasteiger partial charge in [-0.2, -0.15) is 14.0 Å². The number of hydrogen-bond acceptors (Lipinski definition) is 3. The van der Waals surface area contributed by atoms with E-state index >= 15 is 0 Å². The van der Waals surface area contributed by atoms with Gasteiger partial charge in [-0.05, 0) is 6.07 Å². The Hall–Kier alpha value is -2.03. The van der Waals surface area contributed by atoms with Gasteiger partial charge in [0.25, 0.3) is 0 Å². The standard InChI is InChI=1S/C9H4F3NO2/c10-7-1-6(4-14)5(3-13)2-8(7)15-9(11)12/h1-2,4,9H. The SMILES string of the molecule is N#Cc1cc(OC(F)F)c(F)cc1C=O. The van der Waals surface area contributed by atoms with E-state index in [1.165, 1.54) is 0 Å². The molecule has 0 fully saturated rings. The lowest BCUT2D eigenvalue weighted by Crippen LogP contribution is -2.05. The van der Waals surface area contributed by atoms with E-state index in [1.54, 1.807) is 6.07 Å². The van der Waals surface area contributed by atoms with E-state index in [-0.39, 0.29) is 17.4 Å². The number of carbonyl (C=O) groups excluding carboxylic acids is 1. The summed E-state index contributed by atoms with van der Waals surface area (Å²) in [6.07, 6.45) is 0.258. The van der Waals surface area contributed by atoms with Gasteiger partial charge >= 0.3 is 6.61 Å². The first-order valence-corrected chi connectivity index (χ1v) is 3.72. The second kappa shape index (κ2) is 4.46. The number of rotatable bonds is 3. The molecule has 3 nitrogen and oxygen atoms in total. The molecule has 0 spiro atoms. The van der Waals surface area contributed by atoms with Gasteiger partial charge in [-0.25, -0.2) is 4.39 Å². The predicted octanol–water partition coefficient (Wildman–Crippen LogP) is 2.11. The van der Waals surface area contributed by atoms with Crippen molar-refractivity contribution in [2.24, 2.45) is 0 Å². The Kier molecular flexibility index (Phi) is 3.29. The van der Waals surface area contributed by atoms with Gasteiger partial charge in [0.2, 0.25) is 0 Å². The minimum absolute atomic E-state index is 0.211. The predicted molar refractivity (Wildman–Crippen MR) is 43.1 cm³/mol. The van der Waals surface area contributed by atoms with Crippen molar-refractivity contribution in [1.29, 1.82) is 5.26 Å². The number of alkyl halides is 2. The summed E-state index contributed by atoms with van der Waals surface area (Å²) in [4.78, 5) is 10.4. The van der Waals surface area contributed by atoms with Crippen molar-refractivity contribution in [2.75, 3.05) is 0 Å². The van der Waals surface area contributed by atoms with Crippen molar-refractivity contribution in [2.45, 2.75) is 6.61 Å². The third-order valence-corrected chi connectivity index (χ3v) is 1.57. The van der Waals surface area contributed by atoms with Crippen LogP contribution < -0.4 is 4.74 Å². The van der Waals surface area contributed by atoms with Crippen molar-refractivity contribution in [3.8, 4) is 11.8 Å². The summed E-state index contributed by atoms with van der Waals surface area (Å²) in [6, 6.07) is 2.99. The third kappa shape index (κ3) is 2.47. The maximum atomic E-state index is 13.0. The molecule has 0 aromatic heterocycles. The molecule has 0 heterocycles. The van der Waals surface area contributed by atoms with E-state index in [0.717, 1.165) is 6.07 Å². The van der Waals surface area contributed by atoms with Gasteiger partial charge in [-0.3, -0.25) is 4.79 Å². The minimum Gasteiger partial charge on any atom is -0.432 e. The van der Waals surface area contributed by atoms with Crippen LogP contribution in [0.1, 0.15) is 15.9 Å². The quantitative estimate of drug-likeness (QED) is 0.725. The number of carbonyl (C=O) groups is 1. The van der Waals surface area contributed by atoms with Gasteiger partial charge in [-0.1, -0.05) is 0 Å². The fraction of sp³-hybridized carbons (Fsp3) is 0.111. The van der Waals surface area contributed by atoms with Gasteiger partial charge in [-0.15, -0.1) is 0 Å². The number of aldehydes is 1. The third-order valence-electron chi connectivity index (χ3n) is 1.57. The molecule has 6 heteroatoms. The largest absolute Gasteiger partial charge is 0.432 e. The lowest BCUT2D eigenvalue weighted by atomic mass is 10.1. The molecule has 15 heavy (non-hydrogen) atoms. The summed E-state index contributed by atoms with van der Waals surface area (Å²) in [7, 11) is 0. The fourth-order valence-corrected chi connectivity index (χ4v) is 0.949. The van der Waals surface area contributed by atoms with Gasteiger partial charge in [0.05, 0.1) is 5.56 Å². The first kappa shape index (κ1) is 11.0. The van der Waals surface area contributed by atoms with Gasteiger partial charge in [0.15, 0.2) is 17.9 Å². The summed E-state index contributed by atoms with van der Waals surface area (Å²) in [5.41, 5.74) is -0.432. The van der Waals surface area contributed by atoms with E-state index in [1.807, 2.05) is 0 Å². The molecule has 0 unspecified atom stereocenters. The molecule has 0 aliphatic rings. The molecular formula is C9H4F3NO2. The Morgan fingerprint density at radius 3 is 2.60 bits per heavy atom. The minimum atomic E-state index is -3.19. The van der Waals surface area contributed by atoms with Gasteiger partial charge in [0, 0.05) is 11.6 Å². The van der Waals surface area contributed by atoms with E-state index < -0.39 is 18.2 Å². The van der Waals surface area contributed by atoms with Crippen molar-refractivity contribution in [3.63, 3.8) is 0 Å². The summed E-state index contributed by atoms with van der Waals surface area (Å²) >= 11 is 0. The van der Waals surface area contributed by atoms with Crippen LogP contribution in [0.3, 0.4) is 0 Å². The van der Waals surface area contributed by atoms with Crippen molar-refractivity contribution in [1.82, 2.24) is 0 Å². The van der Waals surface area contributed by atoms with Crippen molar-refractivity contribution >= 4 is 6.29 Å². The van der Waals surface area contributed by atoms with Crippen LogP contribution in [0.25, 0.3) is 0 Å². The first-order valence-electron chi connectivity index (χ1n) is 3.72. The van der Waals surface area contributed by atoms with Crippen LogP contribution in [-0.2, 0) is 0 Å². The Labute approximate surface area is 82.7 Å². The smallest absolute Gasteiger partial charge is 0.387 e. The average Bonchev–Trinajstić information content (AvgIpc) is 2.19. The highest BCUT2D eigenvalue weighted by Crippen LogP contribution is 2.22. The van der Waals surface area contributed by atoms with Crippen LogP contribution in [0.5, 0.6) is 5.75 Å². The van der Waals surface area contributed by atoms with E-state index in [0.29, 0.717) is 6.07 Å². The average molecular weight is 215 g/mol. The second-order valence-corrected chi connectivity index (χ2v) is 2.48. The van der Waals surface area contributed by atoms with Crippen molar-refractivity contribution in [3.05, 3.63) is 29.1 Å². The molecule has 1 aromatic carbocycles. The molecular weight excluding hydrogens is 211 g/mol. The lowest BCUT2D eigenvalue weighted by molar-refractivity contribution is -0.0522. The van der Waals surface area contributed by atoms with Crippen molar-refractivity contribution < 1.29 is 22.7 Å². The van der Waals surface area contributed by atoms with Crippen LogP contribution in [0.15, 0.2) is 12.1 Å². The molecule has 0 atom stereocenters. The van der Waals surface area contributed by atoms with E-state index in [9.17, 15) is 18.0 Å². The molecule has 0 bridgehead atoms. The Balaban J connectivity index is 3.21. The van der Waals surface area contributed by atoms with Crippen LogP contribution >= 0.6 is 0 Å². The molecule has 1 rings (SSSR count). The Morgan fingerprint density at radius 2 is 2.13 bits per heavy atom.